The SMILES string of the molecule is O=[C-]c1ccc(C2CCCC(C(=O)[O-])C2)cc1.[Li+].[Li+].[OH-]. The van der Waals surface area contributed by atoms with Crippen LogP contribution in [-0.2, 0) is 9.59 Å². The summed E-state index contributed by atoms with van der Waals surface area (Å²) in [6.45, 7) is 0. The van der Waals surface area contributed by atoms with Crippen molar-refractivity contribution in [2.24, 2.45) is 5.92 Å². The Kier molecular flexibility index (Phi) is 11.2. The van der Waals surface area contributed by atoms with Gasteiger partial charge in [-0.15, -0.1) is 12.1 Å². The zero-order valence-corrected chi connectivity index (χ0v) is 12.0. The van der Waals surface area contributed by atoms with Crippen LogP contribution in [0.4, 0.5) is 0 Å². The Bertz CT molecular complexity index is 420. The van der Waals surface area contributed by atoms with Crippen molar-refractivity contribution in [3.8, 4) is 0 Å². The molecule has 4 nitrogen and oxygen atoms in total. The van der Waals surface area contributed by atoms with Gasteiger partial charge in [-0.2, -0.15) is 17.7 Å². The van der Waals surface area contributed by atoms with Gasteiger partial charge in [-0.25, -0.2) is 0 Å². The quantitative estimate of drug-likeness (QED) is 0.402. The first kappa shape index (κ1) is 21.8. The fourth-order valence-corrected chi connectivity index (χ4v) is 2.53. The van der Waals surface area contributed by atoms with Crippen LogP contribution in [0.15, 0.2) is 24.3 Å². The monoisotopic (exact) mass is 261 g/mol. The average Bonchev–Trinajstić information content (AvgIpc) is 2.39. The van der Waals surface area contributed by atoms with Crippen LogP contribution < -0.4 is 42.8 Å². The molecule has 0 amide bonds. The fraction of sp³-hybridized carbons (Fsp3) is 0.429. The van der Waals surface area contributed by atoms with E-state index in [-0.39, 0.29) is 55.0 Å². The number of hydrogen-bond donors (Lipinski definition) is 0. The maximum atomic E-state index is 10.9. The molecule has 0 radical (unpaired) electrons. The zero-order chi connectivity index (χ0) is 12.3. The topological polar surface area (TPSA) is 87.2 Å². The maximum Gasteiger partial charge on any atom is 1.00 e. The van der Waals surface area contributed by atoms with Gasteiger partial charge in [0.2, 0.25) is 0 Å². The molecule has 0 bridgehead atoms. The van der Waals surface area contributed by atoms with Gasteiger partial charge in [0.05, 0.1) is 6.29 Å². The molecule has 0 saturated heterocycles. The minimum absolute atomic E-state index is 0. The van der Waals surface area contributed by atoms with Crippen LogP contribution in [0.2, 0.25) is 0 Å². The Morgan fingerprint density at radius 1 is 1.15 bits per heavy atom. The minimum atomic E-state index is -0.937. The molecule has 2 rings (SSSR count). The number of rotatable bonds is 3. The second kappa shape index (κ2) is 10.3. The Morgan fingerprint density at radius 3 is 2.25 bits per heavy atom. The molecule has 1 fully saturated rings. The molecule has 1 aliphatic rings. The molecular weight excluding hydrogens is 246 g/mol. The van der Waals surface area contributed by atoms with E-state index < -0.39 is 5.97 Å². The van der Waals surface area contributed by atoms with Crippen molar-refractivity contribution in [3.05, 3.63) is 35.4 Å². The molecule has 20 heavy (non-hydrogen) atoms. The first-order valence-electron chi connectivity index (χ1n) is 5.89. The van der Waals surface area contributed by atoms with Crippen LogP contribution in [0.25, 0.3) is 0 Å². The van der Waals surface area contributed by atoms with E-state index in [2.05, 4.69) is 0 Å². The summed E-state index contributed by atoms with van der Waals surface area (Å²) in [4.78, 5) is 21.3. The van der Waals surface area contributed by atoms with E-state index in [1.807, 2.05) is 18.4 Å². The summed E-state index contributed by atoms with van der Waals surface area (Å²) < 4.78 is 0. The molecular formula is C14H15Li2O4-. The van der Waals surface area contributed by atoms with Gasteiger partial charge < -0.3 is 20.2 Å². The van der Waals surface area contributed by atoms with Crippen LogP contribution in [0.1, 0.15) is 42.7 Å². The van der Waals surface area contributed by atoms with Crippen LogP contribution in [0, 0.1) is 5.92 Å². The number of aliphatic carboxylic acids is 1. The van der Waals surface area contributed by atoms with Crippen molar-refractivity contribution in [1.82, 2.24) is 0 Å². The zero-order valence-electron chi connectivity index (χ0n) is 12.0. The van der Waals surface area contributed by atoms with E-state index in [0.29, 0.717) is 12.0 Å². The van der Waals surface area contributed by atoms with Gasteiger partial charge in [0.15, 0.2) is 0 Å². The van der Waals surface area contributed by atoms with Crippen LogP contribution in [0.5, 0.6) is 0 Å². The third-order valence-corrected chi connectivity index (χ3v) is 3.51. The van der Waals surface area contributed by atoms with Gasteiger partial charge in [0.1, 0.15) is 0 Å². The molecule has 6 heteroatoms. The molecule has 0 aliphatic heterocycles. The van der Waals surface area contributed by atoms with Crippen molar-refractivity contribution in [3.63, 3.8) is 0 Å². The Labute approximate surface area is 143 Å². The van der Waals surface area contributed by atoms with Crippen LogP contribution in [-0.4, -0.2) is 17.7 Å². The van der Waals surface area contributed by atoms with Crippen molar-refractivity contribution in [2.45, 2.75) is 31.6 Å². The van der Waals surface area contributed by atoms with Crippen LogP contribution >= 0.6 is 0 Å². The Balaban J connectivity index is 0. The number of hydrogen-bond acceptors (Lipinski definition) is 4. The standard InChI is InChI=1S/C14H15O3.2Li.H2O/c15-9-10-4-6-11(7-5-10)12-2-1-3-13(8-12)14(16)17;;;/h4-7,12-13H,1-3,8H2,(H,16,17);;;1H2/q-1;2*+1;/p-2. The van der Waals surface area contributed by atoms with Gasteiger partial charge in [-0.05, 0) is 31.1 Å². The largest absolute Gasteiger partial charge is 1.00 e. The summed E-state index contributed by atoms with van der Waals surface area (Å²) in [6, 6.07) is 7.24. The van der Waals surface area contributed by atoms with Crippen molar-refractivity contribution < 1.29 is 57.9 Å². The molecule has 2 atom stereocenters. The number of carboxylic acids is 1. The minimum Gasteiger partial charge on any atom is -0.870 e. The molecule has 98 valence electrons. The third-order valence-electron chi connectivity index (χ3n) is 3.51. The summed E-state index contributed by atoms with van der Waals surface area (Å²) in [7, 11) is 0. The van der Waals surface area contributed by atoms with E-state index in [1.165, 1.54) is 0 Å². The number of carbonyl (C=O) groups excluding carboxylic acids is 2. The fourth-order valence-electron chi connectivity index (χ4n) is 2.53. The van der Waals surface area contributed by atoms with Gasteiger partial charge >= 0.3 is 37.7 Å². The van der Waals surface area contributed by atoms with E-state index in [4.69, 9.17) is 0 Å². The first-order valence-corrected chi connectivity index (χ1v) is 5.89. The van der Waals surface area contributed by atoms with Crippen molar-refractivity contribution >= 4 is 12.3 Å². The molecule has 1 aromatic rings. The first-order chi connectivity index (χ1) is 8.20. The number of carbonyl (C=O) groups is 1. The average molecular weight is 261 g/mol. The van der Waals surface area contributed by atoms with E-state index >= 15 is 0 Å². The Morgan fingerprint density at radius 2 is 1.75 bits per heavy atom. The van der Waals surface area contributed by atoms with E-state index in [0.717, 1.165) is 24.8 Å². The van der Waals surface area contributed by atoms with Gasteiger partial charge in [0, 0.05) is 5.97 Å². The van der Waals surface area contributed by atoms with E-state index in [9.17, 15) is 14.7 Å². The molecule has 2 unspecified atom stereocenters. The number of carboxylic acid groups (broad SMARTS) is 1. The second-order valence-electron chi connectivity index (χ2n) is 4.60. The summed E-state index contributed by atoms with van der Waals surface area (Å²) >= 11 is 0. The maximum absolute atomic E-state index is 10.9. The van der Waals surface area contributed by atoms with Crippen molar-refractivity contribution in [2.75, 3.05) is 0 Å². The van der Waals surface area contributed by atoms with Gasteiger partial charge in [-0.3, -0.25) is 0 Å². The van der Waals surface area contributed by atoms with Crippen LogP contribution in [0.3, 0.4) is 0 Å². The molecule has 1 saturated carbocycles. The van der Waals surface area contributed by atoms with Gasteiger partial charge in [-0.1, -0.05) is 12.0 Å². The molecule has 0 heterocycles. The Hall–Kier alpha value is -0.485. The summed E-state index contributed by atoms with van der Waals surface area (Å²) in [5.41, 5.74) is 1.64. The molecule has 1 aliphatic carbocycles. The molecule has 0 aromatic heterocycles. The summed E-state index contributed by atoms with van der Waals surface area (Å²) in [6.07, 6.45) is 5.13. The molecule has 1 aromatic carbocycles. The number of benzene rings is 1. The predicted octanol–water partition coefficient (Wildman–Crippen LogP) is -5.00. The van der Waals surface area contributed by atoms with Gasteiger partial charge in [0.25, 0.3) is 0 Å². The van der Waals surface area contributed by atoms with E-state index in [1.54, 1.807) is 12.1 Å². The summed E-state index contributed by atoms with van der Waals surface area (Å²) in [5.74, 6) is -0.994. The normalized spacial score (nSPS) is 20.6. The summed E-state index contributed by atoms with van der Waals surface area (Å²) in [5, 5.41) is 10.9. The van der Waals surface area contributed by atoms with Crippen molar-refractivity contribution in [1.29, 1.82) is 0 Å². The smallest absolute Gasteiger partial charge is 0.870 e. The third kappa shape index (κ3) is 5.48. The molecule has 1 N–H and O–H groups in total. The molecule has 0 spiro atoms. The second-order valence-corrected chi connectivity index (χ2v) is 4.60. The predicted molar refractivity (Wildman–Crippen MR) is 62.9 cm³/mol.